The van der Waals surface area contributed by atoms with Crippen molar-refractivity contribution in [2.45, 2.75) is 34.7 Å². The maximum Gasteiger partial charge on any atom is 0.352 e. The first-order valence-electron chi connectivity index (χ1n) is 13.6. The number of benzene rings is 3. The molecule has 3 aliphatic rings. The summed E-state index contributed by atoms with van der Waals surface area (Å²) in [6.45, 7) is -0.349. The molecule has 1 N–H and O–H groups in total. The second-order valence-electron chi connectivity index (χ2n) is 11.1. The number of rotatable bonds is 3. The molecule has 47 heavy (non-hydrogen) atoms. The summed E-state index contributed by atoms with van der Waals surface area (Å²) in [5, 5.41) is 10.8. The van der Waals surface area contributed by atoms with Gasteiger partial charge in [-0.3, -0.25) is 9.59 Å². The molecule has 9 nitrogen and oxygen atoms in total. The monoisotopic (exact) mass is 696 g/mol. The van der Waals surface area contributed by atoms with Crippen molar-refractivity contribution in [3.8, 4) is 11.4 Å². The molecule has 242 valence electrons. The highest BCUT2D eigenvalue weighted by Gasteiger charge is 2.76. The molecule has 3 heterocycles. The summed E-state index contributed by atoms with van der Waals surface area (Å²) in [7, 11) is 0. The van der Waals surface area contributed by atoms with E-state index in [9.17, 15) is 41.8 Å². The van der Waals surface area contributed by atoms with Gasteiger partial charge in [0, 0.05) is 17.9 Å². The van der Waals surface area contributed by atoms with Crippen LogP contribution in [0.3, 0.4) is 0 Å². The number of phenols is 1. The third kappa shape index (κ3) is 3.74. The van der Waals surface area contributed by atoms with Crippen molar-refractivity contribution in [3.05, 3.63) is 122 Å². The van der Waals surface area contributed by atoms with Crippen molar-refractivity contribution in [3.63, 3.8) is 0 Å². The van der Waals surface area contributed by atoms with Crippen LogP contribution in [0.2, 0.25) is 0 Å². The number of anilines is 1. The molecule has 2 aliphatic heterocycles. The van der Waals surface area contributed by atoms with Crippen LogP contribution in [0.5, 0.6) is 5.75 Å². The average Bonchev–Trinajstić information content (AvgIpc) is 3.39. The fourth-order valence-corrected chi connectivity index (χ4v) is 7.64. The molecule has 7 rings (SSSR count). The summed E-state index contributed by atoms with van der Waals surface area (Å²) in [5.74, 6) is -20.3. The zero-order valence-corrected chi connectivity index (χ0v) is 24.7. The van der Waals surface area contributed by atoms with Gasteiger partial charge in [0.1, 0.15) is 5.69 Å². The van der Waals surface area contributed by atoms with Gasteiger partial charge >= 0.3 is 11.4 Å². The first kappa shape index (κ1) is 30.9. The SMILES string of the molecule is O=C1N(c2c(F)c(F)c(F)c(F)c2F)C(=O)[C@@]2(Cl)[C@@H](c3cccc(F)c3O)C3=CCn4c(=O)n(-c5ccccc5)c(=O)n4[C@@H]3C[C@@]12Cl. The highest BCUT2D eigenvalue weighted by Crippen LogP contribution is 2.65. The summed E-state index contributed by atoms with van der Waals surface area (Å²) in [5.41, 5.74) is -4.09. The smallest absolute Gasteiger partial charge is 0.352 e. The van der Waals surface area contributed by atoms with E-state index in [4.69, 9.17) is 23.2 Å². The van der Waals surface area contributed by atoms with Crippen LogP contribution in [0.1, 0.15) is 23.9 Å². The lowest BCUT2D eigenvalue weighted by Crippen LogP contribution is -2.59. The molecule has 0 radical (unpaired) electrons. The summed E-state index contributed by atoms with van der Waals surface area (Å²) < 4.78 is 90.2. The molecule has 0 bridgehead atoms. The third-order valence-corrected chi connectivity index (χ3v) is 10.2. The molecule has 0 unspecified atom stereocenters. The number of amides is 2. The summed E-state index contributed by atoms with van der Waals surface area (Å²) in [6, 6.07) is 9.28. The molecule has 0 spiro atoms. The zero-order chi connectivity index (χ0) is 33.9. The Morgan fingerprint density at radius 2 is 1.38 bits per heavy atom. The van der Waals surface area contributed by atoms with E-state index in [1.165, 1.54) is 18.2 Å². The molecule has 17 heteroatoms. The average molecular weight is 697 g/mol. The number of fused-ring (bicyclic) bond motifs is 4. The van der Waals surface area contributed by atoms with Gasteiger partial charge in [0.15, 0.2) is 44.6 Å². The van der Waals surface area contributed by atoms with Crippen LogP contribution >= 0.6 is 23.2 Å². The highest BCUT2D eigenvalue weighted by molar-refractivity contribution is 6.58. The van der Waals surface area contributed by atoms with Gasteiger partial charge in [-0.2, -0.15) is 0 Å². The second-order valence-corrected chi connectivity index (χ2v) is 12.3. The zero-order valence-electron chi connectivity index (χ0n) is 23.2. The van der Waals surface area contributed by atoms with Gasteiger partial charge in [0.05, 0.1) is 18.3 Å². The normalized spacial score (nSPS) is 25.0. The molecule has 4 aromatic rings. The quantitative estimate of drug-likeness (QED) is 0.0846. The molecule has 1 saturated carbocycles. The van der Waals surface area contributed by atoms with Gasteiger partial charge in [-0.15, -0.1) is 23.2 Å². The number of aromatic nitrogens is 3. The number of hydrogen-bond acceptors (Lipinski definition) is 5. The first-order chi connectivity index (χ1) is 22.2. The number of para-hydroxylation sites is 2. The molecule has 1 aromatic heterocycles. The number of carbonyl (C=O) groups is 2. The van der Waals surface area contributed by atoms with Gasteiger partial charge in [0.2, 0.25) is 5.82 Å². The number of phenolic OH excluding ortho intramolecular Hbond substituents is 1. The van der Waals surface area contributed by atoms with E-state index in [1.54, 1.807) is 18.2 Å². The standard InChI is InChI=1S/C30H16Cl2F6N4O5/c31-29-11-16-13(9-10-39-27(46)40(28(47)42(16)39)12-5-2-1-3-6-12)17(14-7-4-8-15(33)24(14)43)30(29,32)26(45)41(25(29)44)23-21(37)19(35)18(34)20(36)22(23)38/h1-9,16-17,43H,10-11H2/t16-,17-,29-,30+/m1/s1. The Kier molecular flexibility index (Phi) is 6.65. The molecule has 1 aliphatic carbocycles. The van der Waals surface area contributed by atoms with Crippen molar-refractivity contribution >= 4 is 40.7 Å². The predicted octanol–water partition coefficient (Wildman–Crippen LogP) is 4.54. The number of halogens is 8. The Morgan fingerprint density at radius 1 is 0.766 bits per heavy atom. The van der Waals surface area contributed by atoms with Crippen LogP contribution < -0.4 is 16.3 Å². The van der Waals surface area contributed by atoms with Crippen molar-refractivity contribution in [1.82, 2.24) is 13.9 Å². The molecule has 2 amide bonds. The Morgan fingerprint density at radius 3 is 2.02 bits per heavy atom. The summed E-state index contributed by atoms with van der Waals surface area (Å²) in [4.78, 5) is 49.4. The third-order valence-electron chi connectivity index (χ3n) is 8.83. The molecular formula is C30H16Cl2F6N4O5. The molecule has 2 fully saturated rings. The minimum absolute atomic E-state index is 0.0371. The fraction of sp³-hybridized carbons (Fsp3) is 0.200. The number of imide groups is 1. The number of aromatic hydroxyl groups is 1. The summed E-state index contributed by atoms with van der Waals surface area (Å²) >= 11 is 13.9. The molecule has 1 saturated heterocycles. The number of nitrogens with zero attached hydrogens (tertiary/aromatic N) is 4. The first-order valence-corrected chi connectivity index (χ1v) is 14.4. The summed E-state index contributed by atoms with van der Waals surface area (Å²) in [6.07, 6.45) is 0.486. The fourth-order valence-electron chi connectivity index (χ4n) is 6.74. The Bertz CT molecular complexity index is 2210. The molecule has 4 atom stereocenters. The number of alkyl halides is 2. The van der Waals surface area contributed by atoms with E-state index >= 15 is 8.78 Å². The minimum Gasteiger partial charge on any atom is -0.505 e. The lowest BCUT2D eigenvalue weighted by atomic mass is 9.64. The van der Waals surface area contributed by atoms with Crippen LogP contribution in [-0.4, -0.2) is 40.6 Å². The Hall–Kier alpha value is -4.76. The molecular weight excluding hydrogens is 681 g/mol. The van der Waals surface area contributed by atoms with Crippen molar-refractivity contribution in [1.29, 1.82) is 0 Å². The predicted molar refractivity (Wildman–Crippen MR) is 153 cm³/mol. The van der Waals surface area contributed by atoms with Gasteiger partial charge in [-0.05, 0) is 23.8 Å². The van der Waals surface area contributed by atoms with Crippen LogP contribution in [0.25, 0.3) is 5.69 Å². The van der Waals surface area contributed by atoms with Crippen molar-refractivity contribution in [2.24, 2.45) is 0 Å². The maximum absolute atomic E-state index is 15.1. The van der Waals surface area contributed by atoms with Crippen LogP contribution in [0.4, 0.5) is 32.0 Å². The number of hydrogen-bond donors (Lipinski definition) is 1. The lowest BCUT2D eigenvalue weighted by Gasteiger charge is -2.49. The van der Waals surface area contributed by atoms with Gasteiger partial charge in [-0.1, -0.05) is 36.4 Å². The Balaban J connectivity index is 1.51. The number of allylic oxidation sites excluding steroid dienone is 2. The second kappa shape index (κ2) is 10.1. The van der Waals surface area contributed by atoms with Crippen LogP contribution in [-0.2, 0) is 16.1 Å². The van der Waals surface area contributed by atoms with Gasteiger partial charge < -0.3 is 5.11 Å². The van der Waals surface area contributed by atoms with Crippen LogP contribution in [0, 0.1) is 34.9 Å². The maximum atomic E-state index is 15.1. The van der Waals surface area contributed by atoms with Crippen molar-refractivity contribution in [2.75, 3.05) is 4.90 Å². The van der Waals surface area contributed by atoms with Gasteiger partial charge in [-0.25, -0.2) is 54.8 Å². The van der Waals surface area contributed by atoms with Crippen molar-refractivity contribution < 1.29 is 41.0 Å². The highest BCUT2D eigenvalue weighted by atomic mass is 35.5. The molecule has 3 aromatic carbocycles. The van der Waals surface area contributed by atoms with E-state index in [2.05, 4.69) is 0 Å². The van der Waals surface area contributed by atoms with Gasteiger partial charge in [0.25, 0.3) is 11.8 Å². The number of carbonyl (C=O) groups excluding carboxylic acids is 2. The minimum atomic E-state index is -2.92. The Labute approximate surface area is 268 Å². The van der Waals surface area contributed by atoms with E-state index < -0.39 is 103 Å². The largest absolute Gasteiger partial charge is 0.505 e. The topological polar surface area (TPSA) is 107 Å². The van der Waals surface area contributed by atoms with E-state index in [-0.39, 0.29) is 22.7 Å². The van der Waals surface area contributed by atoms with Crippen LogP contribution in [0.15, 0.2) is 69.8 Å². The van der Waals surface area contributed by atoms with E-state index in [0.717, 1.165) is 32.1 Å². The van der Waals surface area contributed by atoms with E-state index in [1.807, 2.05) is 0 Å². The lowest BCUT2D eigenvalue weighted by molar-refractivity contribution is -0.122. The van der Waals surface area contributed by atoms with E-state index in [0.29, 0.717) is 0 Å².